The standard InChI is InChI=1S/C24H29N7O3/c1-4-30(10-8-18(2)25)12-13-34-24(33)27-20-7-5-6-19(14-20)15-22-23(32)9-11-31(28-22)21-16-26-29(3)17-21/h4-11,14,16-18H,1,12-13,15,25H2,2-3H3,(H,27,33)/b10-8-/t18-/m0/s1. The van der Waals surface area contributed by atoms with Crippen LogP contribution in [0.3, 0.4) is 0 Å². The van der Waals surface area contributed by atoms with Gasteiger partial charge in [0.25, 0.3) is 0 Å². The van der Waals surface area contributed by atoms with Gasteiger partial charge < -0.3 is 15.4 Å². The minimum Gasteiger partial charge on any atom is -0.447 e. The van der Waals surface area contributed by atoms with Crippen LogP contribution in [0, 0.1) is 0 Å². The average Bonchev–Trinajstić information content (AvgIpc) is 3.24. The van der Waals surface area contributed by atoms with Crippen molar-refractivity contribution >= 4 is 11.8 Å². The topological polar surface area (TPSA) is 120 Å². The number of ether oxygens (including phenoxy) is 1. The predicted molar refractivity (Wildman–Crippen MR) is 131 cm³/mol. The molecule has 0 aliphatic heterocycles. The Balaban J connectivity index is 1.59. The first kappa shape index (κ1) is 24.5. The van der Waals surface area contributed by atoms with Gasteiger partial charge in [-0.25, -0.2) is 9.48 Å². The van der Waals surface area contributed by atoms with Gasteiger partial charge in [0.05, 0.1) is 18.9 Å². The molecule has 0 fully saturated rings. The Bertz CT molecular complexity index is 1210. The lowest BCUT2D eigenvalue weighted by Gasteiger charge is -2.15. The molecule has 0 unspecified atom stereocenters. The average molecular weight is 464 g/mol. The van der Waals surface area contributed by atoms with Crippen LogP contribution in [-0.2, 0) is 18.2 Å². The van der Waals surface area contributed by atoms with E-state index in [0.29, 0.717) is 24.3 Å². The number of benzene rings is 1. The maximum atomic E-state index is 12.3. The first-order valence-electron chi connectivity index (χ1n) is 10.8. The van der Waals surface area contributed by atoms with Crippen LogP contribution in [-0.4, -0.2) is 49.7 Å². The van der Waals surface area contributed by atoms with Crippen molar-refractivity contribution in [2.75, 3.05) is 18.5 Å². The Morgan fingerprint density at radius 2 is 2.21 bits per heavy atom. The highest BCUT2D eigenvalue weighted by Gasteiger charge is 2.09. The van der Waals surface area contributed by atoms with E-state index >= 15 is 0 Å². The molecule has 178 valence electrons. The summed E-state index contributed by atoms with van der Waals surface area (Å²) in [5, 5.41) is 11.3. The largest absolute Gasteiger partial charge is 0.447 e. The minimum absolute atomic E-state index is 0.0803. The van der Waals surface area contributed by atoms with Gasteiger partial charge in [0.2, 0.25) is 5.43 Å². The summed E-state index contributed by atoms with van der Waals surface area (Å²) in [6.07, 6.45) is 10.1. The summed E-state index contributed by atoms with van der Waals surface area (Å²) in [6.45, 7) is 6.20. The molecule has 3 N–H and O–H groups in total. The van der Waals surface area contributed by atoms with Gasteiger partial charge in [-0.3, -0.25) is 14.8 Å². The van der Waals surface area contributed by atoms with E-state index < -0.39 is 6.09 Å². The van der Waals surface area contributed by atoms with Gasteiger partial charge in [-0.1, -0.05) is 24.8 Å². The van der Waals surface area contributed by atoms with E-state index in [9.17, 15) is 9.59 Å². The molecule has 34 heavy (non-hydrogen) atoms. The highest BCUT2D eigenvalue weighted by atomic mass is 16.5. The van der Waals surface area contributed by atoms with Crippen molar-refractivity contribution in [3.8, 4) is 5.69 Å². The maximum absolute atomic E-state index is 12.3. The van der Waals surface area contributed by atoms with Gasteiger partial charge in [-0.05, 0) is 30.8 Å². The molecule has 3 rings (SSSR count). The van der Waals surface area contributed by atoms with Gasteiger partial charge in [-0.2, -0.15) is 10.2 Å². The molecule has 10 nitrogen and oxygen atoms in total. The number of carbonyl (C=O) groups excluding carboxylic acids is 1. The number of anilines is 1. The molecule has 2 aromatic heterocycles. The van der Waals surface area contributed by atoms with Crippen LogP contribution in [0.2, 0.25) is 0 Å². The molecule has 10 heteroatoms. The van der Waals surface area contributed by atoms with E-state index in [1.165, 1.54) is 6.07 Å². The molecule has 3 aromatic rings. The van der Waals surface area contributed by atoms with Crippen molar-refractivity contribution in [3.05, 3.63) is 95.5 Å². The molecule has 0 bridgehead atoms. The van der Waals surface area contributed by atoms with Crippen molar-refractivity contribution < 1.29 is 9.53 Å². The molecule has 2 heterocycles. The summed E-state index contributed by atoms with van der Waals surface area (Å²) in [5.74, 6) is 0. The summed E-state index contributed by atoms with van der Waals surface area (Å²) in [6, 6.07) is 8.59. The zero-order chi connectivity index (χ0) is 24.5. The third kappa shape index (κ3) is 7.17. The lowest BCUT2D eigenvalue weighted by molar-refractivity contribution is 0.155. The molecule has 0 radical (unpaired) electrons. The third-order valence-corrected chi connectivity index (χ3v) is 4.78. The van der Waals surface area contributed by atoms with E-state index in [1.54, 1.807) is 63.5 Å². The second kappa shape index (κ2) is 11.6. The smallest absolute Gasteiger partial charge is 0.411 e. The number of aryl methyl sites for hydroxylation is 1. The highest BCUT2D eigenvalue weighted by molar-refractivity contribution is 5.84. The van der Waals surface area contributed by atoms with Crippen LogP contribution in [0.5, 0.6) is 0 Å². The fourth-order valence-corrected chi connectivity index (χ4v) is 3.06. The molecule has 1 aromatic carbocycles. The lowest BCUT2D eigenvalue weighted by Crippen LogP contribution is -2.22. The van der Waals surface area contributed by atoms with Crippen molar-refractivity contribution in [2.45, 2.75) is 19.4 Å². The molecular formula is C24H29N7O3. The Morgan fingerprint density at radius 1 is 1.38 bits per heavy atom. The number of aromatic nitrogens is 4. The number of carbonyl (C=O) groups is 1. The van der Waals surface area contributed by atoms with Gasteiger partial charge in [0.15, 0.2) is 0 Å². The molecular weight excluding hydrogens is 434 g/mol. The van der Waals surface area contributed by atoms with Crippen LogP contribution in [0.25, 0.3) is 5.69 Å². The minimum atomic E-state index is -0.575. The number of rotatable bonds is 10. The Morgan fingerprint density at radius 3 is 2.91 bits per heavy atom. The van der Waals surface area contributed by atoms with Crippen LogP contribution in [0.1, 0.15) is 18.2 Å². The number of nitrogens with two attached hydrogens (primary N) is 1. The molecule has 0 saturated heterocycles. The van der Waals surface area contributed by atoms with Crippen molar-refractivity contribution in [3.63, 3.8) is 0 Å². The first-order chi connectivity index (χ1) is 16.3. The van der Waals surface area contributed by atoms with Gasteiger partial charge in [-0.15, -0.1) is 0 Å². The zero-order valence-electron chi connectivity index (χ0n) is 19.3. The fourth-order valence-electron chi connectivity index (χ4n) is 3.06. The van der Waals surface area contributed by atoms with E-state index in [0.717, 1.165) is 11.3 Å². The molecule has 0 saturated carbocycles. The molecule has 1 atom stereocenters. The van der Waals surface area contributed by atoms with E-state index in [2.05, 4.69) is 22.1 Å². The predicted octanol–water partition coefficient (Wildman–Crippen LogP) is 2.41. The number of hydrogen-bond acceptors (Lipinski definition) is 7. The van der Waals surface area contributed by atoms with Gasteiger partial charge in [0, 0.05) is 43.7 Å². The highest BCUT2D eigenvalue weighted by Crippen LogP contribution is 2.14. The fraction of sp³-hybridized carbons (Fsp3) is 0.250. The normalized spacial score (nSPS) is 11.9. The number of nitrogens with one attached hydrogen (secondary N) is 1. The Hall–Kier alpha value is -4.18. The van der Waals surface area contributed by atoms with Crippen molar-refractivity contribution in [2.24, 2.45) is 12.8 Å². The Labute approximate surface area is 197 Å². The van der Waals surface area contributed by atoms with Gasteiger partial charge >= 0.3 is 6.09 Å². The van der Waals surface area contributed by atoms with Crippen molar-refractivity contribution in [1.29, 1.82) is 0 Å². The second-order valence-electron chi connectivity index (χ2n) is 7.70. The number of hydrogen-bond donors (Lipinski definition) is 2. The number of amides is 1. The molecule has 0 aliphatic carbocycles. The Kier molecular flexibility index (Phi) is 8.36. The van der Waals surface area contributed by atoms with Crippen LogP contribution >= 0.6 is 0 Å². The SMILES string of the molecule is C=CN(/C=C\[C@H](C)N)CCOC(=O)Nc1cccc(Cc2nn(-c3cnn(C)c3)ccc2=O)c1. The summed E-state index contributed by atoms with van der Waals surface area (Å²) in [7, 11) is 1.81. The van der Waals surface area contributed by atoms with Crippen molar-refractivity contribution in [1.82, 2.24) is 24.5 Å². The monoisotopic (exact) mass is 463 g/mol. The summed E-state index contributed by atoms with van der Waals surface area (Å²) < 4.78 is 8.52. The summed E-state index contributed by atoms with van der Waals surface area (Å²) in [4.78, 5) is 26.3. The van der Waals surface area contributed by atoms with Gasteiger partial charge in [0.1, 0.15) is 18.0 Å². The first-order valence-corrected chi connectivity index (χ1v) is 10.8. The zero-order valence-corrected chi connectivity index (χ0v) is 19.3. The summed E-state index contributed by atoms with van der Waals surface area (Å²) >= 11 is 0. The summed E-state index contributed by atoms with van der Waals surface area (Å²) in [5.41, 5.74) is 8.05. The van der Waals surface area contributed by atoms with Crippen LogP contribution < -0.4 is 16.5 Å². The molecule has 0 spiro atoms. The molecule has 1 amide bonds. The van der Waals surface area contributed by atoms with E-state index in [-0.39, 0.29) is 18.1 Å². The lowest BCUT2D eigenvalue weighted by atomic mass is 10.1. The maximum Gasteiger partial charge on any atom is 0.411 e. The van der Waals surface area contributed by atoms with E-state index in [4.69, 9.17) is 10.5 Å². The quantitative estimate of drug-likeness (QED) is 0.474. The molecule has 0 aliphatic rings. The van der Waals surface area contributed by atoms with Crippen LogP contribution in [0.15, 0.2) is 78.8 Å². The number of nitrogens with zero attached hydrogens (tertiary/aromatic N) is 5. The third-order valence-electron chi connectivity index (χ3n) is 4.78. The van der Waals surface area contributed by atoms with E-state index in [1.807, 2.05) is 26.1 Å². The second-order valence-corrected chi connectivity index (χ2v) is 7.70. The van der Waals surface area contributed by atoms with Crippen LogP contribution in [0.4, 0.5) is 10.5 Å².